The number of nitrogens with zero attached hydrogens (tertiary/aromatic N) is 2. The van der Waals surface area contributed by atoms with Gasteiger partial charge in [0.05, 0.1) is 0 Å². The number of hydrogen-bond acceptors (Lipinski definition) is 4. The first-order valence-electron chi connectivity index (χ1n) is 5.79. The predicted octanol–water partition coefficient (Wildman–Crippen LogP) is 2.66. The molecule has 0 saturated heterocycles. The van der Waals surface area contributed by atoms with Crippen molar-refractivity contribution in [2.75, 3.05) is 0 Å². The molecule has 1 aromatic carbocycles. The van der Waals surface area contributed by atoms with Gasteiger partial charge in [-0.2, -0.15) is 0 Å². The van der Waals surface area contributed by atoms with Crippen molar-refractivity contribution >= 4 is 11.1 Å². The van der Waals surface area contributed by atoms with Crippen molar-refractivity contribution in [3.05, 3.63) is 47.7 Å². The molecular weight excluding hydrogens is 226 g/mol. The molecule has 0 unspecified atom stereocenters. The van der Waals surface area contributed by atoms with Crippen LogP contribution in [0, 0.1) is 6.92 Å². The minimum atomic E-state index is 0.486. The first-order valence-corrected chi connectivity index (χ1v) is 5.79. The van der Waals surface area contributed by atoms with E-state index in [1.807, 2.05) is 37.3 Å². The van der Waals surface area contributed by atoms with E-state index in [2.05, 4.69) is 9.97 Å². The van der Waals surface area contributed by atoms with Gasteiger partial charge in [-0.05, 0) is 36.2 Å². The van der Waals surface area contributed by atoms with Gasteiger partial charge >= 0.3 is 0 Å². The molecule has 4 nitrogen and oxygen atoms in total. The highest BCUT2D eigenvalue weighted by atomic mass is 16.3. The molecule has 4 heteroatoms. The SMILES string of the molecule is Cc1ccc2nc(-c3ccc(CN)cn3)oc2c1. The van der Waals surface area contributed by atoms with Crippen LogP contribution >= 0.6 is 0 Å². The predicted molar refractivity (Wildman–Crippen MR) is 69.9 cm³/mol. The molecule has 3 rings (SSSR count). The van der Waals surface area contributed by atoms with Crippen LogP contribution in [0.25, 0.3) is 22.7 Å². The van der Waals surface area contributed by atoms with Gasteiger partial charge in [0.2, 0.25) is 5.89 Å². The average molecular weight is 239 g/mol. The number of aromatic nitrogens is 2. The molecule has 2 heterocycles. The summed E-state index contributed by atoms with van der Waals surface area (Å²) in [6.07, 6.45) is 1.75. The molecule has 2 N–H and O–H groups in total. The van der Waals surface area contributed by atoms with E-state index in [0.717, 1.165) is 27.9 Å². The molecule has 0 aliphatic rings. The number of fused-ring (bicyclic) bond motifs is 1. The van der Waals surface area contributed by atoms with Crippen LogP contribution in [0.4, 0.5) is 0 Å². The van der Waals surface area contributed by atoms with Gasteiger partial charge in [-0.15, -0.1) is 0 Å². The number of nitrogens with two attached hydrogens (primary N) is 1. The number of pyridine rings is 1. The second kappa shape index (κ2) is 4.23. The van der Waals surface area contributed by atoms with E-state index in [9.17, 15) is 0 Å². The smallest absolute Gasteiger partial charge is 0.246 e. The number of aryl methyl sites for hydroxylation is 1. The van der Waals surface area contributed by atoms with E-state index in [1.54, 1.807) is 6.20 Å². The van der Waals surface area contributed by atoms with E-state index in [0.29, 0.717) is 12.4 Å². The van der Waals surface area contributed by atoms with E-state index in [1.165, 1.54) is 0 Å². The van der Waals surface area contributed by atoms with E-state index >= 15 is 0 Å². The highest BCUT2D eigenvalue weighted by Crippen LogP contribution is 2.23. The Labute approximate surface area is 104 Å². The maximum absolute atomic E-state index is 5.70. The molecule has 2 aromatic heterocycles. The van der Waals surface area contributed by atoms with Gasteiger partial charge in [0.25, 0.3) is 0 Å². The highest BCUT2D eigenvalue weighted by molar-refractivity contribution is 5.76. The van der Waals surface area contributed by atoms with Crippen molar-refractivity contribution in [3.8, 4) is 11.6 Å². The normalized spacial score (nSPS) is 11.0. The molecule has 0 atom stereocenters. The Morgan fingerprint density at radius 2 is 2.11 bits per heavy atom. The van der Waals surface area contributed by atoms with Crippen molar-refractivity contribution in [2.45, 2.75) is 13.5 Å². The molecule has 18 heavy (non-hydrogen) atoms. The van der Waals surface area contributed by atoms with Crippen LogP contribution in [-0.2, 0) is 6.54 Å². The first kappa shape index (κ1) is 10.9. The third-order valence-corrected chi connectivity index (χ3v) is 2.82. The summed E-state index contributed by atoms with van der Waals surface area (Å²) < 4.78 is 5.70. The van der Waals surface area contributed by atoms with Gasteiger partial charge in [-0.1, -0.05) is 12.1 Å². The van der Waals surface area contributed by atoms with Crippen LogP contribution < -0.4 is 5.73 Å². The number of oxazole rings is 1. The number of benzene rings is 1. The zero-order chi connectivity index (χ0) is 12.5. The summed E-state index contributed by atoms with van der Waals surface area (Å²) in [5, 5.41) is 0. The van der Waals surface area contributed by atoms with Crippen molar-refractivity contribution in [1.82, 2.24) is 9.97 Å². The molecule has 0 saturated carbocycles. The lowest BCUT2D eigenvalue weighted by molar-refractivity contribution is 0.616. The summed E-state index contributed by atoms with van der Waals surface area (Å²) in [6, 6.07) is 9.74. The zero-order valence-corrected chi connectivity index (χ0v) is 10.1. The Hall–Kier alpha value is -2.20. The number of rotatable bonds is 2. The topological polar surface area (TPSA) is 64.9 Å². The third kappa shape index (κ3) is 1.87. The Morgan fingerprint density at radius 1 is 1.22 bits per heavy atom. The molecule has 0 aliphatic carbocycles. The van der Waals surface area contributed by atoms with Gasteiger partial charge in [0, 0.05) is 12.7 Å². The lowest BCUT2D eigenvalue weighted by atomic mass is 10.2. The monoisotopic (exact) mass is 239 g/mol. The summed E-state index contributed by atoms with van der Waals surface area (Å²) in [6.45, 7) is 2.51. The third-order valence-electron chi connectivity index (χ3n) is 2.82. The van der Waals surface area contributed by atoms with Crippen molar-refractivity contribution in [2.24, 2.45) is 5.73 Å². The summed E-state index contributed by atoms with van der Waals surface area (Å²) in [5.41, 5.74) is 10.0. The fraction of sp³-hybridized carbons (Fsp3) is 0.143. The second-order valence-electron chi connectivity index (χ2n) is 4.25. The zero-order valence-electron chi connectivity index (χ0n) is 10.1. The molecule has 90 valence electrons. The molecule has 0 fully saturated rings. The van der Waals surface area contributed by atoms with Crippen LogP contribution in [-0.4, -0.2) is 9.97 Å². The minimum absolute atomic E-state index is 0.486. The van der Waals surface area contributed by atoms with Crippen LogP contribution in [0.15, 0.2) is 40.9 Å². The molecule has 0 spiro atoms. The lowest BCUT2D eigenvalue weighted by Gasteiger charge is -1.96. The maximum atomic E-state index is 5.70. The standard InChI is InChI=1S/C14H13N3O/c1-9-2-4-11-13(6-9)18-14(17-11)12-5-3-10(7-15)8-16-12/h2-6,8H,7,15H2,1H3. The molecule has 3 aromatic rings. The van der Waals surface area contributed by atoms with Crippen LogP contribution in [0.5, 0.6) is 0 Å². The summed E-state index contributed by atoms with van der Waals surface area (Å²) in [7, 11) is 0. The van der Waals surface area contributed by atoms with Crippen molar-refractivity contribution in [1.29, 1.82) is 0 Å². The van der Waals surface area contributed by atoms with Crippen molar-refractivity contribution < 1.29 is 4.42 Å². The molecular formula is C14H13N3O. The first-order chi connectivity index (χ1) is 8.76. The second-order valence-corrected chi connectivity index (χ2v) is 4.25. The van der Waals surface area contributed by atoms with Crippen LogP contribution in [0.2, 0.25) is 0 Å². The fourth-order valence-corrected chi connectivity index (χ4v) is 1.81. The number of hydrogen-bond donors (Lipinski definition) is 1. The van der Waals surface area contributed by atoms with Crippen LogP contribution in [0.3, 0.4) is 0 Å². The average Bonchev–Trinajstić information content (AvgIpc) is 2.81. The Balaban J connectivity index is 2.07. The summed E-state index contributed by atoms with van der Waals surface area (Å²) in [5.74, 6) is 0.541. The van der Waals surface area contributed by atoms with Crippen LogP contribution in [0.1, 0.15) is 11.1 Å². The van der Waals surface area contributed by atoms with Gasteiger partial charge in [-0.3, -0.25) is 4.98 Å². The molecule has 0 aliphatic heterocycles. The summed E-state index contributed by atoms with van der Waals surface area (Å²) in [4.78, 5) is 8.72. The Kier molecular flexibility index (Phi) is 2.57. The maximum Gasteiger partial charge on any atom is 0.246 e. The van der Waals surface area contributed by atoms with E-state index < -0.39 is 0 Å². The molecule has 0 amide bonds. The van der Waals surface area contributed by atoms with Gasteiger partial charge in [0.1, 0.15) is 11.2 Å². The summed E-state index contributed by atoms with van der Waals surface area (Å²) >= 11 is 0. The Morgan fingerprint density at radius 3 is 2.83 bits per heavy atom. The lowest BCUT2D eigenvalue weighted by Crippen LogP contribution is -1.96. The molecule has 0 radical (unpaired) electrons. The van der Waals surface area contributed by atoms with Gasteiger partial charge in [-0.25, -0.2) is 4.98 Å². The quantitative estimate of drug-likeness (QED) is 0.746. The minimum Gasteiger partial charge on any atom is -0.435 e. The Bertz CT molecular complexity index is 686. The largest absolute Gasteiger partial charge is 0.435 e. The van der Waals surface area contributed by atoms with Crippen molar-refractivity contribution in [3.63, 3.8) is 0 Å². The van der Waals surface area contributed by atoms with E-state index in [-0.39, 0.29) is 0 Å². The fourth-order valence-electron chi connectivity index (χ4n) is 1.81. The molecule has 0 bridgehead atoms. The van der Waals surface area contributed by atoms with Gasteiger partial charge in [0.15, 0.2) is 5.58 Å². The highest BCUT2D eigenvalue weighted by Gasteiger charge is 2.09. The van der Waals surface area contributed by atoms with E-state index in [4.69, 9.17) is 10.2 Å². The van der Waals surface area contributed by atoms with Gasteiger partial charge < -0.3 is 10.2 Å².